The number of carbonyl (C=O) groups excluding carboxylic acids is 2. The molecular weight excluding hydrogens is 887 g/mol. The molecular formula is C66H127NO5. The standard InChI is InChI=1S/C66H127NO5/c1-3-5-7-9-11-13-15-17-19-20-21-22-24-27-31-34-38-42-46-50-54-58-64(69)63(62-68)67-65(70)59-55-51-47-43-39-35-32-28-25-23-26-29-33-37-41-45-49-53-57-61-72-66(71)60-56-52-48-44-40-36-30-18-16-14-12-10-8-6-4-2/h29,33,37,41,63-64,68-69H,3-28,30-32,34-36,38-40,42-62H2,1-2H3,(H,67,70)/b33-29-,41-37-. The molecule has 0 spiro atoms. The minimum Gasteiger partial charge on any atom is -0.466 e. The van der Waals surface area contributed by atoms with Gasteiger partial charge in [-0.2, -0.15) is 0 Å². The van der Waals surface area contributed by atoms with Gasteiger partial charge in [0.15, 0.2) is 0 Å². The van der Waals surface area contributed by atoms with E-state index in [4.69, 9.17) is 4.74 Å². The Balaban J connectivity index is 3.46. The highest BCUT2D eigenvalue weighted by molar-refractivity contribution is 5.76. The number of unbranched alkanes of at least 4 members (excludes halogenated alkanes) is 47. The second kappa shape index (κ2) is 61.9. The van der Waals surface area contributed by atoms with E-state index in [1.54, 1.807) is 0 Å². The maximum atomic E-state index is 12.5. The van der Waals surface area contributed by atoms with E-state index in [-0.39, 0.29) is 18.5 Å². The predicted octanol–water partition coefficient (Wildman–Crippen LogP) is 20.6. The topological polar surface area (TPSA) is 95.9 Å². The lowest BCUT2D eigenvalue weighted by Crippen LogP contribution is -2.45. The first kappa shape index (κ1) is 70.3. The van der Waals surface area contributed by atoms with Crippen molar-refractivity contribution in [1.29, 1.82) is 0 Å². The van der Waals surface area contributed by atoms with Gasteiger partial charge in [-0.1, -0.05) is 314 Å². The van der Waals surface area contributed by atoms with E-state index in [9.17, 15) is 19.8 Å². The van der Waals surface area contributed by atoms with Gasteiger partial charge in [-0.15, -0.1) is 0 Å². The number of carbonyl (C=O) groups is 2. The van der Waals surface area contributed by atoms with Crippen LogP contribution in [0.3, 0.4) is 0 Å². The highest BCUT2D eigenvalue weighted by Gasteiger charge is 2.20. The van der Waals surface area contributed by atoms with Crippen molar-refractivity contribution in [3.8, 4) is 0 Å². The van der Waals surface area contributed by atoms with Gasteiger partial charge in [-0.05, 0) is 57.8 Å². The number of allylic oxidation sites excluding steroid dienone is 4. The Morgan fingerprint density at radius 2 is 0.681 bits per heavy atom. The number of hydrogen-bond acceptors (Lipinski definition) is 5. The summed E-state index contributed by atoms with van der Waals surface area (Å²) in [7, 11) is 0. The highest BCUT2D eigenvalue weighted by Crippen LogP contribution is 2.18. The lowest BCUT2D eigenvalue weighted by Gasteiger charge is -2.22. The molecule has 0 saturated heterocycles. The number of nitrogens with one attached hydrogen (secondary N) is 1. The molecule has 6 nitrogen and oxygen atoms in total. The largest absolute Gasteiger partial charge is 0.466 e. The van der Waals surface area contributed by atoms with Crippen LogP contribution < -0.4 is 5.32 Å². The SMILES string of the molecule is CCCCCCCCCCCCCCCCCCCCCCCC(O)C(CO)NC(=O)CCCCCCCCCCCC/C=C\C=C/CCCCCOC(=O)CCCCCCCCCCCCCCCCC. The molecule has 1 amide bonds. The zero-order chi connectivity index (χ0) is 52.2. The van der Waals surface area contributed by atoms with Crippen molar-refractivity contribution in [2.45, 2.75) is 373 Å². The second-order valence-corrected chi connectivity index (χ2v) is 22.5. The lowest BCUT2D eigenvalue weighted by molar-refractivity contribution is -0.143. The van der Waals surface area contributed by atoms with Crippen LogP contribution in [0, 0.1) is 0 Å². The van der Waals surface area contributed by atoms with Gasteiger partial charge < -0.3 is 20.3 Å². The maximum absolute atomic E-state index is 12.5. The Morgan fingerprint density at radius 1 is 0.389 bits per heavy atom. The van der Waals surface area contributed by atoms with Crippen molar-refractivity contribution < 1.29 is 24.5 Å². The van der Waals surface area contributed by atoms with Crippen LogP contribution in [0.25, 0.3) is 0 Å². The van der Waals surface area contributed by atoms with Gasteiger partial charge in [0.1, 0.15) is 0 Å². The molecule has 0 bridgehead atoms. The third-order valence-corrected chi connectivity index (χ3v) is 15.3. The Kier molecular flexibility index (Phi) is 60.5. The average molecular weight is 1010 g/mol. The molecule has 6 heteroatoms. The van der Waals surface area contributed by atoms with Crippen LogP contribution in [0.5, 0.6) is 0 Å². The van der Waals surface area contributed by atoms with Crippen LogP contribution in [0.15, 0.2) is 24.3 Å². The zero-order valence-electron chi connectivity index (χ0n) is 48.7. The molecule has 0 aromatic carbocycles. The quantitative estimate of drug-likeness (QED) is 0.0320. The minimum atomic E-state index is -0.672. The van der Waals surface area contributed by atoms with Crippen LogP contribution in [-0.2, 0) is 14.3 Å². The van der Waals surface area contributed by atoms with Gasteiger partial charge in [-0.3, -0.25) is 9.59 Å². The molecule has 2 atom stereocenters. The number of hydrogen-bond donors (Lipinski definition) is 3. The highest BCUT2D eigenvalue weighted by atomic mass is 16.5. The molecule has 0 heterocycles. The van der Waals surface area contributed by atoms with E-state index in [0.717, 1.165) is 70.6 Å². The van der Waals surface area contributed by atoms with Gasteiger partial charge in [-0.25, -0.2) is 0 Å². The van der Waals surface area contributed by atoms with E-state index in [1.807, 2.05) is 0 Å². The summed E-state index contributed by atoms with van der Waals surface area (Å²) in [6.07, 6.45) is 76.2. The Morgan fingerprint density at radius 3 is 1.03 bits per heavy atom. The lowest BCUT2D eigenvalue weighted by atomic mass is 10.0. The number of aliphatic hydroxyl groups excluding tert-OH is 2. The van der Waals surface area contributed by atoms with Gasteiger partial charge in [0.2, 0.25) is 5.91 Å². The van der Waals surface area contributed by atoms with E-state index >= 15 is 0 Å². The van der Waals surface area contributed by atoms with Crippen molar-refractivity contribution in [2.24, 2.45) is 0 Å². The van der Waals surface area contributed by atoms with Crippen LogP contribution in [0.1, 0.15) is 361 Å². The molecule has 0 fully saturated rings. The Bertz CT molecular complexity index is 1120. The second-order valence-electron chi connectivity index (χ2n) is 22.5. The van der Waals surface area contributed by atoms with E-state index in [2.05, 4.69) is 43.5 Å². The molecule has 2 unspecified atom stereocenters. The molecule has 0 saturated carbocycles. The fourth-order valence-electron chi connectivity index (χ4n) is 10.3. The summed E-state index contributed by atoms with van der Waals surface area (Å²) < 4.78 is 5.46. The third-order valence-electron chi connectivity index (χ3n) is 15.3. The van der Waals surface area contributed by atoms with E-state index in [1.165, 1.54) is 257 Å². The number of esters is 1. The van der Waals surface area contributed by atoms with Crippen LogP contribution >= 0.6 is 0 Å². The Labute approximate surface area is 450 Å². The zero-order valence-corrected chi connectivity index (χ0v) is 48.7. The summed E-state index contributed by atoms with van der Waals surface area (Å²) in [4.78, 5) is 24.6. The van der Waals surface area contributed by atoms with Gasteiger partial charge in [0, 0.05) is 12.8 Å². The molecule has 426 valence electrons. The summed E-state index contributed by atoms with van der Waals surface area (Å²) >= 11 is 0. The van der Waals surface area contributed by atoms with Crippen molar-refractivity contribution >= 4 is 11.9 Å². The average Bonchev–Trinajstić information content (AvgIpc) is 3.38. The molecule has 3 N–H and O–H groups in total. The van der Waals surface area contributed by atoms with Crippen molar-refractivity contribution in [3.05, 3.63) is 24.3 Å². The normalized spacial score (nSPS) is 12.7. The van der Waals surface area contributed by atoms with Crippen LogP contribution in [-0.4, -0.2) is 47.4 Å². The monoisotopic (exact) mass is 1010 g/mol. The molecule has 0 aliphatic rings. The van der Waals surface area contributed by atoms with Gasteiger partial charge in [0.25, 0.3) is 0 Å². The number of ether oxygens (including phenoxy) is 1. The maximum Gasteiger partial charge on any atom is 0.305 e. The molecule has 0 rings (SSSR count). The van der Waals surface area contributed by atoms with E-state index in [0.29, 0.717) is 25.9 Å². The summed E-state index contributed by atoms with van der Waals surface area (Å²) in [6, 6.07) is -0.550. The summed E-state index contributed by atoms with van der Waals surface area (Å²) in [5.74, 6) is -0.0508. The van der Waals surface area contributed by atoms with Crippen LogP contribution in [0.4, 0.5) is 0 Å². The van der Waals surface area contributed by atoms with Gasteiger partial charge >= 0.3 is 5.97 Å². The fraction of sp³-hybridized carbons (Fsp3) is 0.909. The first-order valence-corrected chi connectivity index (χ1v) is 32.6. The van der Waals surface area contributed by atoms with Crippen molar-refractivity contribution in [1.82, 2.24) is 5.32 Å². The fourth-order valence-corrected chi connectivity index (χ4v) is 10.3. The summed E-state index contributed by atoms with van der Waals surface area (Å²) in [6.45, 7) is 4.95. The molecule has 0 aromatic heterocycles. The van der Waals surface area contributed by atoms with Crippen molar-refractivity contribution in [3.63, 3.8) is 0 Å². The molecule has 0 aromatic rings. The molecule has 72 heavy (non-hydrogen) atoms. The molecule has 0 aliphatic heterocycles. The Hall–Kier alpha value is -1.66. The van der Waals surface area contributed by atoms with Crippen LogP contribution in [0.2, 0.25) is 0 Å². The number of amides is 1. The van der Waals surface area contributed by atoms with Gasteiger partial charge in [0.05, 0.1) is 25.4 Å². The number of aliphatic hydroxyl groups is 2. The first-order valence-electron chi connectivity index (χ1n) is 32.6. The molecule has 0 aliphatic carbocycles. The minimum absolute atomic E-state index is 0.00963. The van der Waals surface area contributed by atoms with Crippen molar-refractivity contribution in [2.75, 3.05) is 13.2 Å². The molecule has 0 radical (unpaired) electrons. The number of rotatable bonds is 61. The van der Waals surface area contributed by atoms with E-state index < -0.39 is 12.1 Å². The smallest absolute Gasteiger partial charge is 0.305 e. The third kappa shape index (κ3) is 57.6. The summed E-state index contributed by atoms with van der Waals surface area (Å²) in [5, 5.41) is 23.4. The summed E-state index contributed by atoms with van der Waals surface area (Å²) in [5.41, 5.74) is 0. The predicted molar refractivity (Wildman–Crippen MR) is 315 cm³/mol. The first-order chi connectivity index (χ1) is 35.5.